The van der Waals surface area contributed by atoms with E-state index in [1.165, 1.54) is 22.5 Å². The van der Waals surface area contributed by atoms with Crippen molar-refractivity contribution in [3.05, 3.63) is 58.4 Å². The molecule has 1 saturated heterocycles. The third-order valence-corrected chi connectivity index (χ3v) is 7.42. The third kappa shape index (κ3) is 4.26. The van der Waals surface area contributed by atoms with Gasteiger partial charge in [-0.05, 0) is 48.6 Å². The molecular formula is C22H19F2N5O5S. The SMILES string of the molecule is N#Cc1c(NS(=O)(=O)N2CC3(CC3)C2)ccc(F)c1Oc1ccc2ncn(OCCF)c(=O)c2c1. The fraction of sp³-hybridized carbons (Fsp3) is 0.318. The molecule has 182 valence electrons. The van der Waals surface area contributed by atoms with E-state index in [1.54, 1.807) is 6.07 Å². The van der Waals surface area contributed by atoms with Crippen LogP contribution in [0.5, 0.6) is 11.5 Å². The highest BCUT2D eigenvalue weighted by molar-refractivity contribution is 7.90. The van der Waals surface area contributed by atoms with Crippen molar-refractivity contribution < 1.29 is 26.8 Å². The van der Waals surface area contributed by atoms with E-state index in [2.05, 4.69) is 9.71 Å². The van der Waals surface area contributed by atoms with Gasteiger partial charge in [0.1, 0.15) is 37.0 Å². The number of aromatic nitrogens is 2. The van der Waals surface area contributed by atoms with Crippen LogP contribution in [0.25, 0.3) is 10.9 Å². The molecule has 13 heteroatoms. The molecule has 0 atom stereocenters. The van der Waals surface area contributed by atoms with E-state index in [-0.39, 0.29) is 39.9 Å². The number of rotatable bonds is 8. The number of nitrogens with one attached hydrogen (secondary N) is 1. The average molecular weight is 503 g/mol. The van der Waals surface area contributed by atoms with Crippen molar-refractivity contribution in [1.82, 2.24) is 14.0 Å². The molecule has 1 aromatic heterocycles. The van der Waals surface area contributed by atoms with Crippen LogP contribution in [0, 0.1) is 22.6 Å². The first kappa shape index (κ1) is 23.0. The molecule has 1 saturated carbocycles. The zero-order valence-corrected chi connectivity index (χ0v) is 19.0. The molecule has 2 heterocycles. The second-order valence-electron chi connectivity index (χ2n) is 8.46. The minimum Gasteiger partial charge on any atom is -0.453 e. The largest absolute Gasteiger partial charge is 0.453 e. The van der Waals surface area contributed by atoms with Crippen LogP contribution in [0.3, 0.4) is 0 Å². The van der Waals surface area contributed by atoms with Crippen molar-refractivity contribution >= 4 is 26.8 Å². The highest BCUT2D eigenvalue weighted by atomic mass is 32.2. The molecule has 1 aliphatic heterocycles. The summed E-state index contributed by atoms with van der Waals surface area (Å²) in [6.45, 7) is -0.331. The van der Waals surface area contributed by atoms with Crippen molar-refractivity contribution in [1.29, 1.82) is 5.26 Å². The molecular weight excluding hydrogens is 484 g/mol. The zero-order chi connectivity index (χ0) is 24.8. The van der Waals surface area contributed by atoms with Gasteiger partial charge in [0.05, 0.1) is 16.6 Å². The van der Waals surface area contributed by atoms with Crippen LogP contribution < -0.4 is 19.9 Å². The number of nitrogens with zero attached hydrogens (tertiary/aromatic N) is 4. The molecule has 0 amide bonds. The van der Waals surface area contributed by atoms with Gasteiger partial charge in [-0.25, -0.2) is 13.8 Å². The van der Waals surface area contributed by atoms with Gasteiger partial charge in [-0.2, -0.15) is 18.0 Å². The number of alkyl halides is 1. The summed E-state index contributed by atoms with van der Waals surface area (Å²) in [7, 11) is -3.93. The molecule has 0 radical (unpaired) electrons. The number of ether oxygens (including phenoxy) is 1. The number of anilines is 1. The van der Waals surface area contributed by atoms with E-state index in [4.69, 9.17) is 9.57 Å². The normalized spacial score (nSPS) is 16.5. The molecule has 1 N–H and O–H groups in total. The Morgan fingerprint density at radius 1 is 1.23 bits per heavy atom. The number of hydrogen-bond acceptors (Lipinski definition) is 7. The fourth-order valence-corrected chi connectivity index (χ4v) is 5.38. The van der Waals surface area contributed by atoms with Gasteiger partial charge in [-0.1, -0.05) is 0 Å². The lowest BCUT2D eigenvalue weighted by Gasteiger charge is -2.38. The number of benzene rings is 2. The van der Waals surface area contributed by atoms with Crippen molar-refractivity contribution in [2.45, 2.75) is 12.8 Å². The second kappa shape index (κ2) is 8.47. The summed E-state index contributed by atoms with van der Waals surface area (Å²) in [6, 6.07) is 8.04. The Morgan fingerprint density at radius 3 is 2.69 bits per heavy atom. The summed E-state index contributed by atoms with van der Waals surface area (Å²) >= 11 is 0. The van der Waals surface area contributed by atoms with Crippen LogP contribution in [0.15, 0.2) is 41.5 Å². The van der Waals surface area contributed by atoms with Crippen LogP contribution in [-0.2, 0) is 10.2 Å². The Bertz CT molecular complexity index is 1520. The van der Waals surface area contributed by atoms with Crippen molar-refractivity contribution in [3.8, 4) is 17.6 Å². The van der Waals surface area contributed by atoms with E-state index in [1.807, 2.05) is 0 Å². The predicted octanol–water partition coefficient (Wildman–Crippen LogP) is 2.35. The molecule has 2 aliphatic rings. The average Bonchev–Trinajstić information content (AvgIpc) is 3.62. The Labute approximate surface area is 198 Å². The summed E-state index contributed by atoms with van der Waals surface area (Å²) < 4.78 is 62.5. The van der Waals surface area contributed by atoms with Gasteiger partial charge >= 0.3 is 10.2 Å². The highest BCUT2D eigenvalue weighted by Crippen LogP contribution is 2.53. The predicted molar refractivity (Wildman–Crippen MR) is 120 cm³/mol. The van der Waals surface area contributed by atoms with Crippen molar-refractivity contribution in [3.63, 3.8) is 0 Å². The minimum atomic E-state index is -3.93. The van der Waals surface area contributed by atoms with Crippen LogP contribution in [0.4, 0.5) is 14.5 Å². The van der Waals surface area contributed by atoms with Crippen molar-refractivity contribution in [2.24, 2.45) is 5.41 Å². The highest BCUT2D eigenvalue weighted by Gasteiger charge is 2.55. The molecule has 35 heavy (non-hydrogen) atoms. The second-order valence-corrected chi connectivity index (χ2v) is 10.1. The number of hydrogen-bond donors (Lipinski definition) is 1. The van der Waals surface area contributed by atoms with E-state index in [0.29, 0.717) is 13.1 Å². The van der Waals surface area contributed by atoms with Crippen LogP contribution in [0.1, 0.15) is 18.4 Å². The van der Waals surface area contributed by atoms with Crippen LogP contribution >= 0.6 is 0 Å². The lowest BCUT2D eigenvalue weighted by molar-refractivity contribution is 0.0889. The molecule has 2 fully saturated rings. The van der Waals surface area contributed by atoms with Gasteiger partial charge in [0, 0.05) is 13.1 Å². The standard InChI is InChI=1S/C22H19F2N5O5S/c23-7-8-33-29-13-26-18-3-1-14(9-15(18)21(29)30)34-20-16(10-25)19(4-2-17(20)24)27-35(31,32)28-11-22(12-28)5-6-22/h1-4,9,13,27H,5-8,11-12H2. The maximum absolute atomic E-state index is 14.7. The fourth-order valence-electron chi connectivity index (χ4n) is 3.91. The van der Waals surface area contributed by atoms with Gasteiger partial charge in [-0.15, -0.1) is 4.73 Å². The first-order chi connectivity index (χ1) is 16.7. The molecule has 5 rings (SSSR count). The summed E-state index contributed by atoms with van der Waals surface area (Å²) in [6.07, 6.45) is 3.09. The molecule has 1 aliphatic carbocycles. The minimum absolute atomic E-state index is 0.00605. The van der Waals surface area contributed by atoms with E-state index >= 15 is 0 Å². The first-order valence-electron chi connectivity index (χ1n) is 10.6. The Morgan fingerprint density at radius 2 is 2.00 bits per heavy atom. The Hall–Kier alpha value is -3.76. The third-order valence-electron chi connectivity index (χ3n) is 6.01. The number of halogens is 2. The van der Waals surface area contributed by atoms with Gasteiger partial charge in [0.2, 0.25) is 0 Å². The van der Waals surface area contributed by atoms with Gasteiger partial charge in [0.15, 0.2) is 11.6 Å². The van der Waals surface area contributed by atoms with Gasteiger partial charge < -0.3 is 9.57 Å². The Balaban J connectivity index is 1.45. The smallest absolute Gasteiger partial charge is 0.301 e. The van der Waals surface area contributed by atoms with Crippen molar-refractivity contribution in [2.75, 3.05) is 31.1 Å². The topological polar surface area (TPSA) is 127 Å². The van der Waals surface area contributed by atoms with E-state index in [9.17, 15) is 27.3 Å². The zero-order valence-electron chi connectivity index (χ0n) is 18.2. The quantitative estimate of drug-likeness (QED) is 0.500. The Kier molecular flexibility index (Phi) is 5.57. The lowest BCUT2D eigenvalue weighted by Crippen LogP contribution is -2.53. The maximum Gasteiger partial charge on any atom is 0.301 e. The van der Waals surface area contributed by atoms with E-state index in [0.717, 1.165) is 36.0 Å². The summed E-state index contributed by atoms with van der Waals surface area (Å²) in [5, 5.41) is 9.73. The monoisotopic (exact) mass is 503 g/mol. The number of fused-ring (bicyclic) bond motifs is 1. The lowest BCUT2D eigenvalue weighted by atomic mass is 10.0. The molecule has 2 aromatic carbocycles. The summed E-state index contributed by atoms with van der Waals surface area (Å²) in [5.41, 5.74) is -0.757. The van der Waals surface area contributed by atoms with Crippen LogP contribution in [-0.4, -0.2) is 48.8 Å². The van der Waals surface area contributed by atoms with Crippen LogP contribution in [0.2, 0.25) is 0 Å². The first-order valence-corrected chi connectivity index (χ1v) is 12.1. The van der Waals surface area contributed by atoms with Gasteiger partial charge in [-0.3, -0.25) is 9.52 Å². The molecule has 0 unspecified atom stereocenters. The molecule has 1 spiro atoms. The van der Waals surface area contributed by atoms with Gasteiger partial charge in [0.25, 0.3) is 5.56 Å². The summed E-state index contributed by atoms with van der Waals surface area (Å²) in [5.74, 6) is -1.42. The summed E-state index contributed by atoms with van der Waals surface area (Å²) in [4.78, 5) is 21.6. The molecule has 0 bridgehead atoms. The molecule has 3 aromatic rings. The van der Waals surface area contributed by atoms with E-state index < -0.39 is 34.0 Å². The maximum atomic E-state index is 14.7. The molecule has 10 nitrogen and oxygen atoms in total. The number of nitriles is 1.